The van der Waals surface area contributed by atoms with E-state index in [0.29, 0.717) is 5.56 Å². The Labute approximate surface area is 199 Å². The van der Waals surface area contributed by atoms with Crippen LogP contribution in [0, 0.1) is 0 Å². The first-order valence-electron chi connectivity index (χ1n) is 10.5. The number of ether oxygens (including phenoxy) is 1. The Morgan fingerprint density at radius 1 is 1.06 bits per heavy atom. The van der Waals surface area contributed by atoms with Gasteiger partial charge >= 0.3 is 6.09 Å². The summed E-state index contributed by atoms with van der Waals surface area (Å²) in [4.78, 5) is 39.8. The number of nitrogens with one attached hydrogen (secondary N) is 2. The number of alkyl carbamates (subject to hydrolysis) is 1. The quantitative estimate of drug-likeness (QED) is 0.441. The van der Waals surface area contributed by atoms with Crippen molar-refractivity contribution in [1.29, 1.82) is 0 Å². The highest BCUT2D eigenvalue weighted by Gasteiger charge is 2.33. The van der Waals surface area contributed by atoms with E-state index in [1.54, 1.807) is 32.9 Å². The molecule has 0 spiro atoms. The molecule has 2 unspecified atom stereocenters. The Morgan fingerprint density at radius 3 is 2.21 bits per heavy atom. The maximum Gasteiger partial charge on any atom is 0.408 e. The molecule has 8 nitrogen and oxygen atoms in total. The van der Waals surface area contributed by atoms with Gasteiger partial charge in [-0.2, -0.15) is 12.6 Å². The molecule has 0 aliphatic rings. The lowest BCUT2D eigenvalue weighted by Crippen LogP contribution is -2.52. The molecule has 2 aromatic rings. The fourth-order valence-corrected chi connectivity index (χ4v) is 3.35. The largest absolute Gasteiger partial charge is 0.508 e. The fourth-order valence-electron chi connectivity index (χ4n) is 3.10. The molecular weight excluding hydrogens is 442 g/mol. The summed E-state index contributed by atoms with van der Waals surface area (Å²) in [5, 5.41) is 15.0. The lowest BCUT2D eigenvalue weighted by Gasteiger charge is -2.31. The Morgan fingerprint density at radius 2 is 1.67 bits per heavy atom. The number of phenols is 1. The third-order valence-corrected chi connectivity index (χ3v) is 5.04. The van der Waals surface area contributed by atoms with Crippen molar-refractivity contribution in [1.82, 2.24) is 15.5 Å². The Balaban J connectivity index is 2.23. The summed E-state index contributed by atoms with van der Waals surface area (Å²) in [5.41, 5.74) is 0.681. The SMILES string of the molecule is CN(C(=O)C(CS)NC(=O)OC(C)(C)C)C(C(=O)NCc1ccccc1)c1ccc(O)cc1. The first kappa shape index (κ1) is 26.1. The van der Waals surface area contributed by atoms with Gasteiger partial charge in [0.2, 0.25) is 11.8 Å². The smallest absolute Gasteiger partial charge is 0.408 e. The highest BCUT2D eigenvalue weighted by atomic mass is 32.1. The summed E-state index contributed by atoms with van der Waals surface area (Å²) < 4.78 is 5.23. The highest BCUT2D eigenvalue weighted by molar-refractivity contribution is 7.80. The van der Waals surface area contributed by atoms with Crippen LogP contribution in [0.5, 0.6) is 5.75 Å². The molecule has 0 bridgehead atoms. The van der Waals surface area contributed by atoms with E-state index in [2.05, 4.69) is 23.3 Å². The van der Waals surface area contributed by atoms with E-state index in [1.165, 1.54) is 24.1 Å². The molecule has 178 valence electrons. The van der Waals surface area contributed by atoms with Crippen molar-refractivity contribution in [2.45, 2.75) is 45.0 Å². The zero-order valence-electron chi connectivity index (χ0n) is 19.2. The average Bonchev–Trinajstić information content (AvgIpc) is 2.76. The molecule has 2 atom stereocenters. The predicted molar refractivity (Wildman–Crippen MR) is 129 cm³/mol. The van der Waals surface area contributed by atoms with Crippen molar-refractivity contribution in [3.05, 3.63) is 65.7 Å². The minimum Gasteiger partial charge on any atom is -0.508 e. The number of carbonyl (C=O) groups is 3. The second-order valence-electron chi connectivity index (χ2n) is 8.53. The summed E-state index contributed by atoms with van der Waals surface area (Å²) in [6.45, 7) is 5.43. The zero-order valence-corrected chi connectivity index (χ0v) is 20.1. The van der Waals surface area contributed by atoms with Crippen LogP contribution in [0.15, 0.2) is 54.6 Å². The number of aromatic hydroxyl groups is 1. The van der Waals surface area contributed by atoms with Crippen LogP contribution in [0.2, 0.25) is 0 Å². The Kier molecular flexibility index (Phi) is 9.16. The van der Waals surface area contributed by atoms with E-state index in [1.807, 2.05) is 30.3 Å². The minimum absolute atomic E-state index is 0.0103. The van der Waals surface area contributed by atoms with Crippen LogP contribution in [-0.4, -0.2) is 52.4 Å². The van der Waals surface area contributed by atoms with Crippen LogP contribution in [-0.2, 0) is 20.9 Å². The van der Waals surface area contributed by atoms with Crippen LogP contribution in [0.3, 0.4) is 0 Å². The van der Waals surface area contributed by atoms with Crippen molar-refractivity contribution in [2.24, 2.45) is 0 Å². The molecule has 3 N–H and O–H groups in total. The fraction of sp³-hybridized carbons (Fsp3) is 0.375. The maximum absolute atomic E-state index is 13.2. The molecule has 0 fully saturated rings. The normalized spacial score (nSPS) is 12.9. The number of likely N-dealkylation sites (N-methyl/N-ethyl adjacent to an activating group) is 1. The first-order valence-corrected chi connectivity index (χ1v) is 11.1. The number of phenolic OH excluding ortho intramolecular Hbond substituents is 1. The molecule has 0 aromatic heterocycles. The average molecular weight is 474 g/mol. The number of carbonyl (C=O) groups excluding carboxylic acids is 3. The van der Waals surface area contributed by atoms with Crippen molar-refractivity contribution < 1.29 is 24.2 Å². The number of amides is 3. The number of hydrogen-bond acceptors (Lipinski definition) is 6. The molecule has 0 saturated carbocycles. The molecule has 0 radical (unpaired) electrons. The monoisotopic (exact) mass is 473 g/mol. The van der Waals surface area contributed by atoms with E-state index >= 15 is 0 Å². The van der Waals surface area contributed by atoms with Gasteiger partial charge < -0.3 is 25.4 Å². The minimum atomic E-state index is -1.00. The van der Waals surface area contributed by atoms with E-state index < -0.39 is 35.6 Å². The number of rotatable bonds is 8. The summed E-state index contributed by atoms with van der Waals surface area (Å²) >= 11 is 4.19. The first-order chi connectivity index (χ1) is 15.5. The molecule has 0 aliphatic carbocycles. The van der Waals surface area contributed by atoms with Gasteiger partial charge in [0.05, 0.1) is 0 Å². The van der Waals surface area contributed by atoms with Crippen molar-refractivity contribution >= 4 is 30.5 Å². The zero-order chi connectivity index (χ0) is 24.6. The van der Waals surface area contributed by atoms with Gasteiger partial charge in [-0.1, -0.05) is 42.5 Å². The van der Waals surface area contributed by atoms with Gasteiger partial charge in [-0.25, -0.2) is 4.79 Å². The van der Waals surface area contributed by atoms with Gasteiger partial charge in [-0.05, 0) is 44.0 Å². The van der Waals surface area contributed by atoms with Crippen LogP contribution in [0.25, 0.3) is 0 Å². The van der Waals surface area contributed by atoms with Crippen molar-refractivity contribution in [3.63, 3.8) is 0 Å². The Hall–Kier alpha value is -3.20. The topological polar surface area (TPSA) is 108 Å². The molecule has 33 heavy (non-hydrogen) atoms. The van der Waals surface area contributed by atoms with Crippen LogP contribution in [0.1, 0.15) is 37.9 Å². The van der Waals surface area contributed by atoms with Gasteiger partial charge in [-0.3, -0.25) is 9.59 Å². The Bertz CT molecular complexity index is 945. The van der Waals surface area contributed by atoms with Gasteiger partial charge in [0.1, 0.15) is 23.4 Å². The predicted octanol–water partition coefficient (Wildman–Crippen LogP) is 3.03. The third kappa shape index (κ3) is 8.02. The standard InChI is InChI=1S/C24H31N3O5S/c1-24(2,3)32-23(31)26-19(15-33)22(30)27(4)20(17-10-12-18(28)13-11-17)21(29)25-14-16-8-6-5-7-9-16/h5-13,19-20,28,33H,14-15H2,1-4H3,(H,25,29)(H,26,31). The summed E-state index contributed by atoms with van der Waals surface area (Å²) in [5.74, 6) is -0.869. The third-order valence-electron chi connectivity index (χ3n) is 4.67. The molecule has 0 aliphatic heterocycles. The molecule has 3 amide bonds. The van der Waals surface area contributed by atoms with E-state index in [9.17, 15) is 19.5 Å². The summed E-state index contributed by atoms with van der Waals surface area (Å²) in [7, 11) is 1.48. The van der Waals surface area contributed by atoms with Gasteiger partial charge in [0.15, 0.2) is 0 Å². The molecular formula is C24H31N3O5S. The molecule has 0 heterocycles. The number of thiol groups is 1. The second-order valence-corrected chi connectivity index (χ2v) is 8.89. The van der Waals surface area contributed by atoms with Gasteiger partial charge in [0.25, 0.3) is 0 Å². The maximum atomic E-state index is 13.2. The van der Waals surface area contributed by atoms with E-state index in [4.69, 9.17) is 4.74 Å². The number of nitrogens with zero attached hydrogens (tertiary/aromatic N) is 1. The van der Waals surface area contributed by atoms with E-state index in [0.717, 1.165) is 5.56 Å². The van der Waals surface area contributed by atoms with Crippen LogP contribution < -0.4 is 10.6 Å². The van der Waals surface area contributed by atoms with Gasteiger partial charge in [0, 0.05) is 19.3 Å². The van der Waals surface area contributed by atoms with Crippen LogP contribution in [0.4, 0.5) is 4.79 Å². The van der Waals surface area contributed by atoms with Crippen molar-refractivity contribution in [2.75, 3.05) is 12.8 Å². The number of benzene rings is 2. The lowest BCUT2D eigenvalue weighted by atomic mass is 10.0. The summed E-state index contributed by atoms with van der Waals surface area (Å²) in [6, 6.07) is 13.4. The molecule has 9 heteroatoms. The lowest BCUT2D eigenvalue weighted by molar-refractivity contribution is -0.140. The van der Waals surface area contributed by atoms with Crippen molar-refractivity contribution in [3.8, 4) is 5.75 Å². The molecule has 0 saturated heterocycles. The highest BCUT2D eigenvalue weighted by Crippen LogP contribution is 2.23. The van der Waals surface area contributed by atoms with E-state index in [-0.39, 0.29) is 18.0 Å². The molecule has 2 aromatic carbocycles. The molecule has 2 rings (SSSR count). The second kappa shape index (κ2) is 11.6. The van der Waals surface area contributed by atoms with Gasteiger partial charge in [-0.15, -0.1) is 0 Å². The summed E-state index contributed by atoms with van der Waals surface area (Å²) in [6.07, 6.45) is -0.752. The van der Waals surface area contributed by atoms with Crippen LogP contribution >= 0.6 is 12.6 Å². The number of hydrogen-bond donors (Lipinski definition) is 4.